The molecule has 2 aromatic carbocycles. The molecule has 0 saturated heterocycles. The van der Waals surface area contributed by atoms with Gasteiger partial charge in [-0.25, -0.2) is 0 Å². The van der Waals surface area contributed by atoms with Crippen molar-refractivity contribution in [1.82, 2.24) is 0 Å². The Morgan fingerprint density at radius 2 is 1.63 bits per heavy atom. The van der Waals surface area contributed by atoms with E-state index in [1.807, 2.05) is 0 Å². The van der Waals surface area contributed by atoms with Crippen LogP contribution in [0.15, 0.2) is 54.6 Å². The van der Waals surface area contributed by atoms with Gasteiger partial charge >= 0.3 is 0 Å². The highest BCUT2D eigenvalue weighted by Crippen LogP contribution is 2.39. The zero-order chi connectivity index (χ0) is 13.2. The Labute approximate surface area is 115 Å². The lowest BCUT2D eigenvalue weighted by molar-refractivity contribution is -0.0122. The van der Waals surface area contributed by atoms with Crippen LogP contribution in [0.3, 0.4) is 0 Å². The molecule has 2 aromatic rings. The Balaban J connectivity index is 2.10. The van der Waals surface area contributed by atoms with E-state index in [0.29, 0.717) is 11.8 Å². The second kappa shape index (κ2) is 5.18. The smallest absolute Gasteiger partial charge is 0.0724 e. The largest absolute Gasteiger partial charge is 0.372 e. The van der Waals surface area contributed by atoms with Crippen molar-refractivity contribution in [2.24, 2.45) is 5.92 Å². The first-order valence-electron chi connectivity index (χ1n) is 7.01. The molecular formula is C18H20O. The minimum atomic E-state index is 0.261. The molecule has 2 atom stereocenters. The summed E-state index contributed by atoms with van der Waals surface area (Å²) in [4.78, 5) is 0. The highest BCUT2D eigenvalue weighted by Gasteiger charge is 2.33. The highest BCUT2D eigenvalue weighted by molar-refractivity contribution is 5.40. The van der Waals surface area contributed by atoms with Crippen LogP contribution in [-0.2, 0) is 11.3 Å². The monoisotopic (exact) mass is 252 g/mol. The van der Waals surface area contributed by atoms with E-state index in [4.69, 9.17) is 4.74 Å². The van der Waals surface area contributed by atoms with Gasteiger partial charge in [-0.3, -0.25) is 0 Å². The third kappa shape index (κ3) is 2.31. The average Bonchev–Trinajstić information content (AvgIpc) is 2.46. The summed E-state index contributed by atoms with van der Waals surface area (Å²) in [6.07, 6.45) is 0.261. The first-order valence-corrected chi connectivity index (χ1v) is 7.01. The molecule has 0 saturated carbocycles. The van der Waals surface area contributed by atoms with Gasteiger partial charge in [0.1, 0.15) is 0 Å². The van der Waals surface area contributed by atoms with Crippen LogP contribution in [0.25, 0.3) is 0 Å². The third-order valence-corrected chi connectivity index (χ3v) is 3.97. The van der Waals surface area contributed by atoms with Crippen LogP contribution >= 0.6 is 0 Å². The summed E-state index contributed by atoms with van der Waals surface area (Å²) in [6.45, 7) is 5.23. The summed E-state index contributed by atoms with van der Waals surface area (Å²) >= 11 is 0. The molecule has 1 heterocycles. The van der Waals surface area contributed by atoms with Crippen LogP contribution < -0.4 is 0 Å². The number of rotatable bonds is 2. The van der Waals surface area contributed by atoms with E-state index in [1.54, 1.807) is 0 Å². The maximum atomic E-state index is 6.13. The molecule has 3 rings (SSSR count). The highest BCUT2D eigenvalue weighted by atomic mass is 16.5. The molecule has 98 valence electrons. The van der Waals surface area contributed by atoms with Gasteiger partial charge in [-0.05, 0) is 22.6 Å². The standard InChI is InChI=1S/C18H20O/c1-13(2)18-17(14-8-4-3-5-9-14)16-11-7-6-10-15(16)12-19-18/h3-11,13,17-18H,12H2,1-2H3/t17-,18+/m1/s1. The van der Waals surface area contributed by atoms with E-state index in [1.165, 1.54) is 16.7 Å². The molecule has 0 spiro atoms. The first kappa shape index (κ1) is 12.4. The molecule has 1 aliphatic rings. The van der Waals surface area contributed by atoms with Crippen molar-refractivity contribution in [2.75, 3.05) is 0 Å². The van der Waals surface area contributed by atoms with Gasteiger partial charge in [0.15, 0.2) is 0 Å². The van der Waals surface area contributed by atoms with Gasteiger partial charge in [-0.1, -0.05) is 68.4 Å². The summed E-state index contributed by atoms with van der Waals surface area (Å²) in [5.74, 6) is 0.865. The molecule has 1 heteroatoms. The molecule has 0 radical (unpaired) electrons. The molecule has 0 aliphatic carbocycles. The fourth-order valence-corrected chi connectivity index (χ4v) is 3.04. The summed E-state index contributed by atoms with van der Waals surface area (Å²) in [6, 6.07) is 19.4. The summed E-state index contributed by atoms with van der Waals surface area (Å²) in [7, 11) is 0. The van der Waals surface area contributed by atoms with Crippen LogP contribution in [0, 0.1) is 5.92 Å². The van der Waals surface area contributed by atoms with E-state index in [9.17, 15) is 0 Å². The van der Waals surface area contributed by atoms with E-state index in [0.717, 1.165) is 6.61 Å². The molecule has 1 nitrogen and oxygen atoms in total. The molecule has 0 N–H and O–H groups in total. The Morgan fingerprint density at radius 1 is 0.947 bits per heavy atom. The predicted molar refractivity (Wildman–Crippen MR) is 78.1 cm³/mol. The number of ether oxygens (including phenoxy) is 1. The van der Waals surface area contributed by atoms with Crippen LogP contribution in [0.1, 0.15) is 36.5 Å². The minimum Gasteiger partial charge on any atom is -0.372 e. The Morgan fingerprint density at radius 3 is 2.37 bits per heavy atom. The van der Waals surface area contributed by atoms with E-state index >= 15 is 0 Å². The van der Waals surface area contributed by atoms with Crippen LogP contribution in [0.2, 0.25) is 0 Å². The lowest BCUT2D eigenvalue weighted by Crippen LogP contribution is -2.33. The molecule has 19 heavy (non-hydrogen) atoms. The number of fused-ring (bicyclic) bond motifs is 1. The average molecular weight is 252 g/mol. The van der Waals surface area contributed by atoms with Crippen molar-refractivity contribution in [1.29, 1.82) is 0 Å². The normalized spacial score (nSPS) is 22.3. The van der Waals surface area contributed by atoms with Gasteiger partial charge in [0, 0.05) is 5.92 Å². The Bertz CT molecular complexity index is 545. The van der Waals surface area contributed by atoms with Crippen molar-refractivity contribution >= 4 is 0 Å². The third-order valence-electron chi connectivity index (χ3n) is 3.97. The quantitative estimate of drug-likeness (QED) is 0.771. The molecule has 0 amide bonds. The van der Waals surface area contributed by atoms with Gasteiger partial charge in [-0.15, -0.1) is 0 Å². The van der Waals surface area contributed by atoms with Crippen molar-refractivity contribution < 1.29 is 4.74 Å². The SMILES string of the molecule is CC(C)[C@@H]1OCc2ccccc2[C@H]1c1ccccc1. The summed E-state index contributed by atoms with van der Waals surface area (Å²) in [5, 5.41) is 0. The van der Waals surface area contributed by atoms with Crippen LogP contribution in [-0.4, -0.2) is 6.10 Å². The maximum absolute atomic E-state index is 6.13. The summed E-state index contributed by atoms with van der Waals surface area (Å²) in [5.41, 5.74) is 4.11. The topological polar surface area (TPSA) is 9.23 Å². The fraction of sp³-hybridized carbons (Fsp3) is 0.333. The van der Waals surface area contributed by atoms with Gasteiger partial charge < -0.3 is 4.74 Å². The molecule has 0 unspecified atom stereocenters. The van der Waals surface area contributed by atoms with E-state index < -0.39 is 0 Å². The maximum Gasteiger partial charge on any atom is 0.0724 e. The number of hydrogen-bond donors (Lipinski definition) is 0. The van der Waals surface area contributed by atoms with Gasteiger partial charge in [0.05, 0.1) is 12.7 Å². The molecule has 1 aliphatic heterocycles. The van der Waals surface area contributed by atoms with Crippen molar-refractivity contribution in [3.8, 4) is 0 Å². The van der Waals surface area contributed by atoms with E-state index in [2.05, 4.69) is 68.4 Å². The summed E-state index contributed by atoms with van der Waals surface area (Å²) < 4.78 is 6.13. The van der Waals surface area contributed by atoms with Gasteiger partial charge in [-0.2, -0.15) is 0 Å². The Hall–Kier alpha value is -1.60. The molecule has 0 bridgehead atoms. The van der Waals surface area contributed by atoms with E-state index in [-0.39, 0.29) is 6.10 Å². The molecule has 0 aromatic heterocycles. The number of benzene rings is 2. The second-order valence-electron chi connectivity index (χ2n) is 5.61. The Kier molecular flexibility index (Phi) is 3.39. The zero-order valence-electron chi connectivity index (χ0n) is 11.5. The predicted octanol–water partition coefficient (Wildman–Crippen LogP) is 4.37. The van der Waals surface area contributed by atoms with Crippen LogP contribution in [0.5, 0.6) is 0 Å². The number of hydrogen-bond acceptors (Lipinski definition) is 1. The van der Waals surface area contributed by atoms with Crippen molar-refractivity contribution in [2.45, 2.75) is 32.5 Å². The van der Waals surface area contributed by atoms with Gasteiger partial charge in [0.2, 0.25) is 0 Å². The lowest BCUT2D eigenvalue weighted by atomic mass is 9.78. The van der Waals surface area contributed by atoms with Gasteiger partial charge in [0.25, 0.3) is 0 Å². The van der Waals surface area contributed by atoms with Crippen LogP contribution in [0.4, 0.5) is 0 Å². The zero-order valence-corrected chi connectivity index (χ0v) is 11.5. The van der Waals surface area contributed by atoms with Crippen molar-refractivity contribution in [3.63, 3.8) is 0 Å². The second-order valence-corrected chi connectivity index (χ2v) is 5.61. The minimum absolute atomic E-state index is 0.261. The van der Waals surface area contributed by atoms with Crippen molar-refractivity contribution in [3.05, 3.63) is 71.3 Å². The molecule has 0 fully saturated rings. The fourth-order valence-electron chi connectivity index (χ4n) is 3.04. The lowest BCUT2D eigenvalue weighted by Gasteiger charge is -2.36. The first-order chi connectivity index (χ1) is 9.27. The molecular weight excluding hydrogens is 232 g/mol.